The Morgan fingerprint density at radius 1 is 1.17 bits per heavy atom. The number of piperidine rings is 1. The lowest BCUT2D eigenvalue weighted by molar-refractivity contribution is 0.179. The number of likely N-dealkylation sites (tertiary alicyclic amines) is 1. The molecule has 0 unspecified atom stereocenters. The third kappa shape index (κ3) is 4.42. The number of aromatic nitrogens is 2. The number of anilines is 2. The largest absolute Gasteiger partial charge is 0.384 e. The molecule has 5 nitrogen and oxygen atoms in total. The summed E-state index contributed by atoms with van der Waals surface area (Å²) >= 11 is 0. The van der Waals surface area contributed by atoms with Gasteiger partial charge >= 0.3 is 0 Å². The normalized spacial score (nSPS) is 16.4. The van der Waals surface area contributed by atoms with Crippen molar-refractivity contribution in [3.63, 3.8) is 0 Å². The maximum atomic E-state index is 5.74. The molecular weight excluding hydrogens is 286 g/mol. The smallest absolute Gasteiger partial charge is 0.133 e. The van der Waals surface area contributed by atoms with Crippen LogP contribution in [-0.4, -0.2) is 41.5 Å². The minimum atomic E-state index is 0.527. The van der Waals surface area contributed by atoms with Crippen LogP contribution in [0.25, 0.3) is 0 Å². The van der Waals surface area contributed by atoms with Gasteiger partial charge in [-0.1, -0.05) is 30.3 Å². The lowest BCUT2D eigenvalue weighted by Gasteiger charge is -2.34. The molecule has 1 aliphatic rings. The van der Waals surface area contributed by atoms with Crippen molar-refractivity contribution in [2.24, 2.45) is 5.92 Å². The second kappa shape index (κ2) is 7.42. The molecule has 23 heavy (non-hydrogen) atoms. The summed E-state index contributed by atoms with van der Waals surface area (Å²) < 4.78 is 0. The number of nitrogens with two attached hydrogens (primary N) is 1. The summed E-state index contributed by atoms with van der Waals surface area (Å²) in [7, 11) is 2.08. The van der Waals surface area contributed by atoms with E-state index in [9.17, 15) is 0 Å². The standard InChI is InChI=1S/C18H25N5/c1-22(18-11-17(19)20-14-21-18)12-16-7-9-23(10-8-16)13-15-5-3-2-4-6-15/h2-6,11,14,16H,7-10,12-13H2,1H3,(H2,19,20,21). The molecule has 5 heteroatoms. The number of nitrogens with zero attached hydrogens (tertiary/aromatic N) is 4. The molecule has 122 valence electrons. The maximum absolute atomic E-state index is 5.74. The summed E-state index contributed by atoms with van der Waals surface area (Å²) in [6.07, 6.45) is 4.00. The molecule has 0 spiro atoms. The summed E-state index contributed by atoms with van der Waals surface area (Å²) in [6, 6.07) is 12.6. The van der Waals surface area contributed by atoms with Crippen LogP contribution in [0.15, 0.2) is 42.7 Å². The highest BCUT2D eigenvalue weighted by Gasteiger charge is 2.21. The number of hydrogen-bond donors (Lipinski definition) is 1. The van der Waals surface area contributed by atoms with Crippen molar-refractivity contribution in [1.29, 1.82) is 0 Å². The van der Waals surface area contributed by atoms with Crippen LogP contribution in [-0.2, 0) is 6.54 Å². The second-order valence-electron chi connectivity index (χ2n) is 6.39. The Morgan fingerprint density at radius 3 is 2.61 bits per heavy atom. The monoisotopic (exact) mass is 311 g/mol. The molecule has 1 saturated heterocycles. The van der Waals surface area contributed by atoms with Crippen LogP contribution in [0.1, 0.15) is 18.4 Å². The van der Waals surface area contributed by atoms with E-state index in [4.69, 9.17) is 5.73 Å². The third-order valence-corrected chi connectivity index (χ3v) is 4.55. The van der Waals surface area contributed by atoms with Gasteiger partial charge < -0.3 is 10.6 Å². The van der Waals surface area contributed by atoms with Gasteiger partial charge in [0.2, 0.25) is 0 Å². The summed E-state index contributed by atoms with van der Waals surface area (Å²) in [6.45, 7) is 4.42. The predicted molar refractivity (Wildman–Crippen MR) is 94.2 cm³/mol. The molecule has 0 amide bonds. The van der Waals surface area contributed by atoms with Gasteiger partial charge in [0.05, 0.1) is 0 Å². The van der Waals surface area contributed by atoms with Crippen LogP contribution in [0.3, 0.4) is 0 Å². The van der Waals surface area contributed by atoms with Crippen molar-refractivity contribution < 1.29 is 0 Å². The summed E-state index contributed by atoms with van der Waals surface area (Å²) in [5.74, 6) is 2.15. The Bertz CT molecular complexity index is 608. The van der Waals surface area contributed by atoms with E-state index >= 15 is 0 Å². The van der Waals surface area contributed by atoms with Crippen molar-refractivity contribution in [2.75, 3.05) is 37.3 Å². The van der Waals surface area contributed by atoms with Crippen molar-refractivity contribution >= 4 is 11.6 Å². The van der Waals surface area contributed by atoms with E-state index in [1.54, 1.807) is 0 Å². The lowest BCUT2D eigenvalue weighted by Crippen LogP contribution is -2.37. The molecule has 2 aromatic rings. The number of hydrogen-bond acceptors (Lipinski definition) is 5. The van der Waals surface area contributed by atoms with Gasteiger partial charge in [0.1, 0.15) is 18.0 Å². The average Bonchev–Trinajstić information content (AvgIpc) is 2.57. The number of nitrogen functional groups attached to an aromatic ring is 1. The molecule has 2 N–H and O–H groups in total. The van der Waals surface area contributed by atoms with Gasteiger partial charge in [-0.15, -0.1) is 0 Å². The molecule has 1 aromatic carbocycles. The fourth-order valence-electron chi connectivity index (χ4n) is 3.22. The molecule has 3 rings (SSSR count). The zero-order chi connectivity index (χ0) is 16.1. The zero-order valence-electron chi connectivity index (χ0n) is 13.7. The van der Waals surface area contributed by atoms with E-state index in [0.29, 0.717) is 11.7 Å². The molecule has 1 aliphatic heterocycles. The number of rotatable bonds is 5. The molecule has 0 aliphatic carbocycles. The summed E-state index contributed by atoms with van der Waals surface area (Å²) in [5.41, 5.74) is 7.14. The topological polar surface area (TPSA) is 58.3 Å². The Labute approximate surface area is 138 Å². The highest BCUT2D eigenvalue weighted by molar-refractivity contribution is 5.45. The predicted octanol–water partition coefficient (Wildman–Crippen LogP) is 2.41. The SMILES string of the molecule is CN(CC1CCN(Cc2ccccc2)CC1)c1cc(N)ncn1. The van der Waals surface area contributed by atoms with Gasteiger partial charge in [-0.25, -0.2) is 9.97 Å². The van der Waals surface area contributed by atoms with Crippen molar-refractivity contribution in [2.45, 2.75) is 19.4 Å². The van der Waals surface area contributed by atoms with E-state index in [1.165, 1.54) is 37.8 Å². The molecular formula is C18H25N5. The van der Waals surface area contributed by atoms with Gasteiger partial charge in [-0.05, 0) is 37.4 Å². The Hall–Kier alpha value is -2.14. The molecule has 1 fully saturated rings. The molecule has 0 atom stereocenters. The quantitative estimate of drug-likeness (QED) is 0.919. The van der Waals surface area contributed by atoms with Crippen LogP contribution in [0.2, 0.25) is 0 Å². The average molecular weight is 311 g/mol. The molecule has 0 radical (unpaired) electrons. The molecule has 0 saturated carbocycles. The van der Waals surface area contributed by atoms with E-state index in [-0.39, 0.29) is 0 Å². The highest BCUT2D eigenvalue weighted by atomic mass is 15.2. The minimum Gasteiger partial charge on any atom is -0.384 e. The summed E-state index contributed by atoms with van der Waals surface area (Å²) in [4.78, 5) is 13.0. The van der Waals surface area contributed by atoms with Crippen LogP contribution in [0.4, 0.5) is 11.6 Å². The molecule has 0 bridgehead atoms. The van der Waals surface area contributed by atoms with Gasteiger partial charge in [-0.2, -0.15) is 0 Å². The fraction of sp³-hybridized carbons (Fsp3) is 0.444. The first-order valence-corrected chi connectivity index (χ1v) is 8.25. The van der Waals surface area contributed by atoms with Crippen LogP contribution < -0.4 is 10.6 Å². The zero-order valence-corrected chi connectivity index (χ0v) is 13.7. The van der Waals surface area contributed by atoms with Crippen LogP contribution >= 0.6 is 0 Å². The van der Waals surface area contributed by atoms with E-state index in [0.717, 1.165) is 18.9 Å². The first-order valence-electron chi connectivity index (χ1n) is 8.25. The third-order valence-electron chi connectivity index (χ3n) is 4.55. The minimum absolute atomic E-state index is 0.527. The van der Waals surface area contributed by atoms with Crippen molar-refractivity contribution in [1.82, 2.24) is 14.9 Å². The van der Waals surface area contributed by atoms with Crippen molar-refractivity contribution in [3.05, 3.63) is 48.3 Å². The van der Waals surface area contributed by atoms with Gasteiger partial charge in [-0.3, -0.25) is 4.90 Å². The van der Waals surface area contributed by atoms with E-state index in [1.807, 2.05) is 6.07 Å². The van der Waals surface area contributed by atoms with Crippen LogP contribution in [0.5, 0.6) is 0 Å². The van der Waals surface area contributed by atoms with Crippen LogP contribution in [0, 0.1) is 5.92 Å². The Kier molecular flexibility index (Phi) is 5.08. The number of benzene rings is 1. The van der Waals surface area contributed by atoms with Gasteiger partial charge in [0.25, 0.3) is 0 Å². The first kappa shape index (κ1) is 15.7. The molecule has 2 heterocycles. The van der Waals surface area contributed by atoms with Gasteiger partial charge in [0, 0.05) is 26.2 Å². The van der Waals surface area contributed by atoms with E-state index < -0.39 is 0 Å². The lowest BCUT2D eigenvalue weighted by atomic mass is 9.96. The van der Waals surface area contributed by atoms with E-state index in [2.05, 4.69) is 57.1 Å². The fourth-order valence-corrected chi connectivity index (χ4v) is 3.22. The second-order valence-corrected chi connectivity index (χ2v) is 6.39. The maximum Gasteiger partial charge on any atom is 0.133 e. The summed E-state index contributed by atoms with van der Waals surface area (Å²) in [5, 5.41) is 0. The van der Waals surface area contributed by atoms with Gasteiger partial charge in [0.15, 0.2) is 0 Å². The Balaban J connectivity index is 1.47. The van der Waals surface area contributed by atoms with Crippen molar-refractivity contribution in [3.8, 4) is 0 Å². The Morgan fingerprint density at radius 2 is 1.91 bits per heavy atom. The molecule has 1 aromatic heterocycles. The first-order chi connectivity index (χ1) is 11.2. The highest BCUT2D eigenvalue weighted by Crippen LogP contribution is 2.21.